The van der Waals surface area contributed by atoms with Gasteiger partial charge in [0.15, 0.2) is 11.5 Å². The smallest absolute Gasteiger partial charge is 0.272 e. The summed E-state index contributed by atoms with van der Waals surface area (Å²) in [6.07, 6.45) is 11.4. The Bertz CT molecular complexity index is 1330. The molecule has 8 heteroatoms. The lowest BCUT2D eigenvalue weighted by Gasteiger charge is -2.03. The maximum Gasteiger partial charge on any atom is 0.272 e. The second-order valence-electron chi connectivity index (χ2n) is 6.96. The Balaban J connectivity index is 1.42. The number of carbonyl (C=O) groups excluding carboxylic acids is 1. The van der Waals surface area contributed by atoms with E-state index in [9.17, 15) is 4.79 Å². The Kier molecular flexibility index (Phi) is 4.94. The molecule has 5 aromatic heterocycles. The number of rotatable bonds is 6. The number of imidazole rings is 2. The first-order valence-corrected chi connectivity index (χ1v) is 9.89. The first-order chi connectivity index (χ1) is 15.3. The number of fused-ring (bicyclic) bond motifs is 1. The number of nitrogens with one attached hydrogen (secondary N) is 1. The maximum atomic E-state index is 12.9. The van der Waals surface area contributed by atoms with E-state index in [1.165, 1.54) is 0 Å². The van der Waals surface area contributed by atoms with Crippen LogP contribution in [0.4, 0.5) is 0 Å². The molecule has 0 fully saturated rings. The summed E-state index contributed by atoms with van der Waals surface area (Å²) in [5.74, 6) is 1.15. The highest BCUT2D eigenvalue weighted by Crippen LogP contribution is 2.22. The number of hydrogen-bond acceptors (Lipinski definition) is 5. The predicted molar refractivity (Wildman–Crippen MR) is 116 cm³/mol. The molecule has 1 N–H and O–H groups in total. The number of carbonyl (C=O) groups is 1. The lowest BCUT2D eigenvalue weighted by Crippen LogP contribution is -2.26. The largest absolute Gasteiger partial charge is 0.350 e. The van der Waals surface area contributed by atoms with Gasteiger partial charge in [0.25, 0.3) is 5.91 Å². The van der Waals surface area contributed by atoms with Crippen molar-refractivity contribution in [2.24, 2.45) is 0 Å². The number of pyridine rings is 3. The maximum absolute atomic E-state index is 12.9. The first kappa shape index (κ1) is 18.7. The summed E-state index contributed by atoms with van der Waals surface area (Å²) in [6.45, 7) is 0.512. The Morgan fingerprint density at radius 3 is 2.68 bits per heavy atom. The van der Waals surface area contributed by atoms with E-state index >= 15 is 0 Å². The van der Waals surface area contributed by atoms with Crippen LogP contribution in [0.25, 0.3) is 22.9 Å². The zero-order valence-electron chi connectivity index (χ0n) is 16.6. The zero-order valence-corrected chi connectivity index (χ0v) is 16.6. The van der Waals surface area contributed by atoms with Crippen molar-refractivity contribution in [3.8, 4) is 17.3 Å². The normalized spacial score (nSPS) is 11.0. The molecule has 0 aromatic carbocycles. The monoisotopic (exact) mass is 409 g/mol. The van der Waals surface area contributed by atoms with E-state index in [1.54, 1.807) is 24.9 Å². The Labute approximate surface area is 178 Å². The lowest BCUT2D eigenvalue weighted by molar-refractivity contribution is 0.0951. The molecule has 0 unspecified atom stereocenters. The van der Waals surface area contributed by atoms with Gasteiger partial charge in [-0.2, -0.15) is 0 Å². The molecule has 0 atom stereocenters. The molecule has 5 rings (SSSR count). The molecule has 0 aliphatic rings. The summed E-state index contributed by atoms with van der Waals surface area (Å²) in [5, 5.41) is 2.96. The summed E-state index contributed by atoms with van der Waals surface area (Å²) in [6, 6.07) is 15.2. The molecule has 31 heavy (non-hydrogen) atoms. The topological polar surface area (TPSA) is 90.0 Å². The van der Waals surface area contributed by atoms with Crippen LogP contribution < -0.4 is 5.32 Å². The van der Waals surface area contributed by atoms with Crippen molar-refractivity contribution in [2.75, 3.05) is 6.54 Å². The van der Waals surface area contributed by atoms with E-state index in [2.05, 4.69) is 25.3 Å². The van der Waals surface area contributed by atoms with Crippen molar-refractivity contribution in [3.05, 3.63) is 97.1 Å². The van der Waals surface area contributed by atoms with E-state index in [0.717, 1.165) is 23.3 Å². The van der Waals surface area contributed by atoms with E-state index < -0.39 is 0 Å². The third-order valence-corrected chi connectivity index (χ3v) is 4.94. The average molecular weight is 409 g/mol. The quantitative estimate of drug-likeness (QED) is 0.466. The highest BCUT2D eigenvalue weighted by Gasteiger charge is 2.19. The van der Waals surface area contributed by atoms with Crippen molar-refractivity contribution in [2.45, 2.75) is 6.42 Å². The van der Waals surface area contributed by atoms with Gasteiger partial charge >= 0.3 is 0 Å². The summed E-state index contributed by atoms with van der Waals surface area (Å²) in [5.41, 5.74) is 2.87. The van der Waals surface area contributed by atoms with Crippen LogP contribution in [0.2, 0.25) is 0 Å². The molecule has 1 amide bonds. The predicted octanol–water partition coefficient (Wildman–Crippen LogP) is 2.95. The molecular formula is C23H19N7O. The van der Waals surface area contributed by atoms with Crippen molar-refractivity contribution in [1.29, 1.82) is 0 Å². The highest BCUT2D eigenvalue weighted by molar-refractivity contribution is 5.99. The summed E-state index contributed by atoms with van der Waals surface area (Å²) >= 11 is 0. The number of amides is 1. The van der Waals surface area contributed by atoms with Crippen LogP contribution in [0.3, 0.4) is 0 Å². The molecule has 152 valence electrons. The van der Waals surface area contributed by atoms with E-state index in [0.29, 0.717) is 23.8 Å². The van der Waals surface area contributed by atoms with Crippen LogP contribution >= 0.6 is 0 Å². The molecule has 5 aromatic rings. The fourth-order valence-electron chi connectivity index (χ4n) is 3.41. The molecular weight excluding hydrogens is 390 g/mol. The van der Waals surface area contributed by atoms with Gasteiger partial charge in [0.05, 0.1) is 5.52 Å². The fourth-order valence-corrected chi connectivity index (χ4v) is 3.41. The second kappa shape index (κ2) is 8.19. The van der Waals surface area contributed by atoms with Crippen LogP contribution in [-0.2, 0) is 6.42 Å². The molecule has 0 aliphatic heterocycles. The van der Waals surface area contributed by atoms with Crippen LogP contribution in [0, 0.1) is 0 Å². The van der Waals surface area contributed by atoms with Crippen molar-refractivity contribution < 1.29 is 4.79 Å². The van der Waals surface area contributed by atoms with Crippen LogP contribution in [-0.4, -0.2) is 41.4 Å². The minimum absolute atomic E-state index is 0.215. The molecule has 0 bridgehead atoms. The third kappa shape index (κ3) is 3.78. The standard InChI is InChI=1S/C23H19N7O/c31-23(26-13-9-17-7-11-24-12-8-17)21-19-5-2-4-14-30(19)22(28-21)18-15-29(16-27-18)20-6-1-3-10-25-20/h1-8,10-12,14-16H,9,13H2,(H,26,31). The first-order valence-electron chi connectivity index (χ1n) is 9.89. The number of hydrogen-bond donors (Lipinski definition) is 1. The van der Waals surface area contributed by atoms with Crippen LogP contribution in [0.5, 0.6) is 0 Å². The van der Waals surface area contributed by atoms with Crippen LogP contribution in [0.1, 0.15) is 16.1 Å². The summed E-state index contributed by atoms with van der Waals surface area (Å²) in [4.78, 5) is 30.4. The molecule has 0 spiro atoms. The van der Waals surface area contributed by atoms with Crippen LogP contribution in [0.15, 0.2) is 85.8 Å². The van der Waals surface area contributed by atoms with Gasteiger partial charge in [-0.1, -0.05) is 12.1 Å². The minimum atomic E-state index is -0.215. The Morgan fingerprint density at radius 2 is 1.84 bits per heavy atom. The highest BCUT2D eigenvalue weighted by atomic mass is 16.1. The fraction of sp³-hybridized carbons (Fsp3) is 0.0870. The second-order valence-corrected chi connectivity index (χ2v) is 6.96. The zero-order chi connectivity index (χ0) is 21.0. The van der Waals surface area contributed by atoms with Gasteiger partial charge in [0.2, 0.25) is 0 Å². The van der Waals surface area contributed by atoms with Gasteiger partial charge < -0.3 is 5.32 Å². The Hall–Kier alpha value is -4.33. The molecule has 0 saturated heterocycles. The molecule has 5 heterocycles. The van der Waals surface area contributed by atoms with Gasteiger partial charge in [-0.3, -0.25) is 18.7 Å². The van der Waals surface area contributed by atoms with Crippen molar-refractivity contribution >= 4 is 11.4 Å². The molecule has 0 aliphatic carbocycles. The molecule has 8 nitrogen and oxygen atoms in total. The van der Waals surface area contributed by atoms with Gasteiger partial charge in [0.1, 0.15) is 17.8 Å². The van der Waals surface area contributed by atoms with Gasteiger partial charge in [0, 0.05) is 37.5 Å². The SMILES string of the molecule is O=C(NCCc1ccncc1)c1nc(-c2cn(-c3ccccn3)cn2)n2ccccc12. The van der Waals surface area contributed by atoms with E-state index in [1.807, 2.05) is 69.9 Å². The van der Waals surface area contributed by atoms with Gasteiger partial charge in [-0.15, -0.1) is 0 Å². The Morgan fingerprint density at radius 1 is 0.968 bits per heavy atom. The summed E-state index contributed by atoms with van der Waals surface area (Å²) < 4.78 is 3.71. The third-order valence-electron chi connectivity index (χ3n) is 4.94. The minimum Gasteiger partial charge on any atom is -0.350 e. The van der Waals surface area contributed by atoms with E-state index in [4.69, 9.17) is 0 Å². The lowest BCUT2D eigenvalue weighted by atomic mass is 10.2. The van der Waals surface area contributed by atoms with Crippen molar-refractivity contribution in [3.63, 3.8) is 0 Å². The molecule has 0 saturated carbocycles. The molecule has 0 radical (unpaired) electrons. The average Bonchev–Trinajstić information content (AvgIpc) is 3.46. The van der Waals surface area contributed by atoms with Gasteiger partial charge in [-0.25, -0.2) is 15.0 Å². The van der Waals surface area contributed by atoms with Gasteiger partial charge in [-0.05, 0) is 48.4 Å². The van der Waals surface area contributed by atoms with E-state index in [-0.39, 0.29) is 5.91 Å². The summed E-state index contributed by atoms with van der Waals surface area (Å²) in [7, 11) is 0. The number of nitrogens with zero attached hydrogens (tertiary/aromatic N) is 6. The van der Waals surface area contributed by atoms with Crippen molar-refractivity contribution in [1.82, 2.24) is 34.2 Å². The number of aromatic nitrogens is 6.